The van der Waals surface area contributed by atoms with Gasteiger partial charge in [0.05, 0.1) is 0 Å². The topological polar surface area (TPSA) is 90.9 Å². The molecule has 0 aromatic heterocycles. The lowest BCUT2D eigenvalue weighted by Gasteiger charge is -2.25. The molecule has 0 aliphatic rings. The Labute approximate surface area is 111 Å². The Bertz CT molecular complexity index is 461. The van der Waals surface area contributed by atoms with Crippen LogP contribution in [0.4, 0.5) is 4.39 Å². The number of rotatable bonds is 6. The summed E-state index contributed by atoms with van der Waals surface area (Å²) in [6.07, 6.45) is 0.580. The van der Waals surface area contributed by atoms with E-state index in [0.29, 0.717) is 24.1 Å². The van der Waals surface area contributed by atoms with E-state index >= 15 is 0 Å². The first kappa shape index (κ1) is 15.4. The second-order valence-electron chi connectivity index (χ2n) is 5.00. The van der Waals surface area contributed by atoms with E-state index in [1.54, 1.807) is 12.1 Å². The van der Waals surface area contributed by atoms with Gasteiger partial charge in [-0.1, -0.05) is 17.3 Å². The number of nitrogens with zero attached hydrogens (tertiary/aromatic N) is 1. The summed E-state index contributed by atoms with van der Waals surface area (Å²) in [5.74, 6) is -0.546. The molecule has 106 valence electrons. The number of aliphatic hydroxyl groups excluding tert-OH is 1. The number of halogens is 1. The monoisotopic (exact) mass is 269 g/mol. The number of nitrogens with one attached hydrogen (secondary N) is 1. The van der Waals surface area contributed by atoms with Crippen LogP contribution in [-0.4, -0.2) is 28.3 Å². The lowest BCUT2D eigenvalue weighted by atomic mass is 10.0. The lowest BCUT2D eigenvalue weighted by molar-refractivity contribution is 0.229. The molecule has 1 aromatic rings. The summed E-state index contributed by atoms with van der Waals surface area (Å²) in [4.78, 5) is 0. The minimum Gasteiger partial charge on any atom is -0.409 e. The predicted molar refractivity (Wildman–Crippen MR) is 71.5 cm³/mol. The highest BCUT2D eigenvalue weighted by Gasteiger charge is 2.16. The van der Waals surface area contributed by atoms with Crippen molar-refractivity contribution in [3.05, 3.63) is 35.1 Å². The fourth-order valence-electron chi connectivity index (χ4n) is 1.61. The van der Waals surface area contributed by atoms with Crippen molar-refractivity contribution in [3.63, 3.8) is 0 Å². The average molecular weight is 269 g/mol. The Balaban J connectivity index is 2.76. The van der Waals surface area contributed by atoms with Crippen molar-refractivity contribution < 1.29 is 14.7 Å². The Morgan fingerprint density at radius 1 is 1.47 bits per heavy atom. The van der Waals surface area contributed by atoms with Crippen LogP contribution in [0.5, 0.6) is 0 Å². The maximum Gasteiger partial charge on any atom is 0.170 e. The first-order valence-electron chi connectivity index (χ1n) is 6.02. The number of aliphatic hydroxyl groups is 1. The number of nitrogens with two attached hydrogens (primary N) is 1. The molecule has 0 heterocycles. The second-order valence-corrected chi connectivity index (χ2v) is 5.00. The molecule has 1 aromatic carbocycles. The van der Waals surface area contributed by atoms with E-state index in [4.69, 9.17) is 16.0 Å². The molecule has 0 atom stereocenters. The normalized spacial score (nSPS) is 12.7. The highest BCUT2D eigenvalue weighted by molar-refractivity contribution is 5.97. The van der Waals surface area contributed by atoms with Gasteiger partial charge in [-0.15, -0.1) is 0 Å². The summed E-state index contributed by atoms with van der Waals surface area (Å²) in [6, 6.07) is 4.41. The molecule has 5 N–H and O–H groups in total. The maximum atomic E-state index is 13.8. The third kappa shape index (κ3) is 4.50. The molecular formula is C13H20FN3O2. The molecule has 0 radical (unpaired) electrons. The molecule has 5 nitrogen and oxygen atoms in total. The SMILES string of the molecule is CC(C)(CCO)NCc1ccc(/C(N)=N/O)cc1F. The molecule has 19 heavy (non-hydrogen) atoms. The van der Waals surface area contributed by atoms with Gasteiger partial charge in [-0.3, -0.25) is 0 Å². The second kappa shape index (κ2) is 6.49. The first-order chi connectivity index (χ1) is 8.89. The van der Waals surface area contributed by atoms with Crippen molar-refractivity contribution in [2.75, 3.05) is 6.61 Å². The summed E-state index contributed by atoms with van der Waals surface area (Å²) in [5, 5.41) is 23.4. The standard InChI is InChI=1S/C13H20FN3O2/c1-13(2,5-6-18)16-8-10-4-3-9(7-11(10)14)12(15)17-19/h3-4,7,16,18-19H,5-6,8H2,1-2H3,(H2,15,17). The number of hydrogen-bond acceptors (Lipinski definition) is 4. The molecule has 0 saturated carbocycles. The Morgan fingerprint density at radius 3 is 2.68 bits per heavy atom. The van der Waals surface area contributed by atoms with Crippen LogP contribution in [0.1, 0.15) is 31.4 Å². The quantitative estimate of drug-likeness (QED) is 0.270. The molecule has 0 bridgehead atoms. The van der Waals surface area contributed by atoms with Gasteiger partial charge in [0.1, 0.15) is 5.82 Å². The maximum absolute atomic E-state index is 13.8. The zero-order valence-electron chi connectivity index (χ0n) is 11.2. The van der Waals surface area contributed by atoms with Gasteiger partial charge in [0.2, 0.25) is 0 Å². The van der Waals surface area contributed by atoms with Crippen LogP contribution in [0.15, 0.2) is 23.4 Å². The third-order valence-corrected chi connectivity index (χ3v) is 2.95. The number of oxime groups is 1. The zero-order valence-corrected chi connectivity index (χ0v) is 11.2. The van der Waals surface area contributed by atoms with Crippen molar-refractivity contribution in [2.24, 2.45) is 10.9 Å². The van der Waals surface area contributed by atoms with E-state index in [-0.39, 0.29) is 18.0 Å². The van der Waals surface area contributed by atoms with Crippen LogP contribution in [0.2, 0.25) is 0 Å². The molecule has 0 aliphatic carbocycles. The summed E-state index contributed by atoms with van der Waals surface area (Å²) in [6.45, 7) is 4.29. The van der Waals surface area contributed by atoms with Crippen LogP contribution in [0.3, 0.4) is 0 Å². The molecule has 1 rings (SSSR count). The van der Waals surface area contributed by atoms with Crippen LogP contribution < -0.4 is 11.1 Å². The van der Waals surface area contributed by atoms with Crippen LogP contribution in [0, 0.1) is 5.82 Å². The van der Waals surface area contributed by atoms with Crippen LogP contribution in [-0.2, 0) is 6.54 Å². The third-order valence-electron chi connectivity index (χ3n) is 2.95. The number of hydrogen-bond donors (Lipinski definition) is 4. The molecule has 0 unspecified atom stereocenters. The Hall–Kier alpha value is -1.66. The fraction of sp³-hybridized carbons (Fsp3) is 0.462. The van der Waals surface area contributed by atoms with E-state index in [2.05, 4.69) is 10.5 Å². The van der Waals surface area contributed by atoms with E-state index in [0.717, 1.165) is 0 Å². The first-order valence-corrected chi connectivity index (χ1v) is 6.02. The predicted octanol–water partition coefficient (Wildman–Crippen LogP) is 1.17. The highest BCUT2D eigenvalue weighted by Crippen LogP contribution is 2.13. The van der Waals surface area contributed by atoms with Gasteiger partial charge in [-0.05, 0) is 26.3 Å². The Kier molecular flexibility index (Phi) is 5.26. The molecule has 0 fully saturated rings. The highest BCUT2D eigenvalue weighted by atomic mass is 19.1. The van der Waals surface area contributed by atoms with Crippen molar-refractivity contribution in [3.8, 4) is 0 Å². The molecule has 6 heteroatoms. The van der Waals surface area contributed by atoms with Crippen molar-refractivity contribution in [2.45, 2.75) is 32.4 Å². The summed E-state index contributed by atoms with van der Waals surface area (Å²) >= 11 is 0. The van der Waals surface area contributed by atoms with Crippen molar-refractivity contribution in [1.82, 2.24) is 5.32 Å². The number of amidine groups is 1. The Morgan fingerprint density at radius 2 is 2.16 bits per heavy atom. The van der Waals surface area contributed by atoms with Gasteiger partial charge in [0.15, 0.2) is 5.84 Å². The molecule has 0 aliphatic heterocycles. The molecular weight excluding hydrogens is 249 g/mol. The molecule has 0 saturated heterocycles. The van der Waals surface area contributed by atoms with Crippen molar-refractivity contribution in [1.29, 1.82) is 0 Å². The zero-order chi connectivity index (χ0) is 14.5. The summed E-state index contributed by atoms with van der Waals surface area (Å²) in [7, 11) is 0. The van der Waals surface area contributed by atoms with E-state index in [9.17, 15) is 4.39 Å². The summed E-state index contributed by atoms with van der Waals surface area (Å²) in [5.41, 5.74) is 5.93. The van der Waals surface area contributed by atoms with Gasteiger partial charge in [0, 0.05) is 29.8 Å². The van der Waals surface area contributed by atoms with Crippen LogP contribution >= 0.6 is 0 Å². The molecule has 0 spiro atoms. The smallest absolute Gasteiger partial charge is 0.170 e. The van der Waals surface area contributed by atoms with Gasteiger partial charge in [0.25, 0.3) is 0 Å². The minimum atomic E-state index is -0.420. The van der Waals surface area contributed by atoms with Crippen molar-refractivity contribution >= 4 is 5.84 Å². The summed E-state index contributed by atoms with van der Waals surface area (Å²) < 4.78 is 13.8. The fourth-order valence-corrected chi connectivity index (χ4v) is 1.61. The van der Waals surface area contributed by atoms with E-state index < -0.39 is 5.82 Å². The minimum absolute atomic E-state index is 0.0743. The van der Waals surface area contributed by atoms with Gasteiger partial charge < -0.3 is 21.4 Å². The van der Waals surface area contributed by atoms with E-state index in [1.165, 1.54) is 6.07 Å². The van der Waals surface area contributed by atoms with Gasteiger partial charge in [-0.25, -0.2) is 4.39 Å². The van der Waals surface area contributed by atoms with Gasteiger partial charge in [-0.2, -0.15) is 0 Å². The van der Waals surface area contributed by atoms with Crippen LogP contribution in [0.25, 0.3) is 0 Å². The van der Waals surface area contributed by atoms with Gasteiger partial charge >= 0.3 is 0 Å². The largest absolute Gasteiger partial charge is 0.409 e. The number of benzene rings is 1. The lowest BCUT2D eigenvalue weighted by Crippen LogP contribution is -2.39. The average Bonchev–Trinajstić information content (AvgIpc) is 2.36. The van der Waals surface area contributed by atoms with E-state index in [1.807, 2.05) is 13.8 Å². The molecule has 0 amide bonds.